The molecule has 0 heterocycles. The van der Waals surface area contributed by atoms with E-state index < -0.39 is 8.07 Å². The van der Waals surface area contributed by atoms with Gasteiger partial charge in [-0.15, -0.1) is 12.3 Å². The Morgan fingerprint density at radius 3 is 2.07 bits per heavy atom. The zero-order valence-corrected chi connectivity index (χ0v) is 15.2. The van der Waals surface area contributed by atoms with Gasteiger partial charge in [0.15, 0.2) is 0 Å². The van der Waals surface area contributed by atoms with Crippen molar-refractivity contribution in [2.24, 2.45) is 0 Å². The van der Waals surface area contributed by atoms with Crippen molar-refractivity contribution in [2.75, 3.05) is 6.23 Å². The van der Waals surface area contributed by atoms with Crippen molar-refractivity contribution in [3.8, 4) is 0 Å². The normalized spacial score (nSPS) is 15.7. The van der Waals surface area contributed by atoms with Gasteiger partial charge < -0.3 is 5.11 Å². The highest BCUT2D eigenvalue weighted by atomic mass is 28.4. The lowest BCUT2D eigenvalue weighted by Gasteiger charge is -2.43. The van der Waals surface area contributed by atoms with E-state index >= 15 is 0 Å². The molecule has 15 heavy (non-hydrogen) atoms. The molecule has 0 amide bonds. The van der Waals surface area contributed by atoms with Gasteiger partial charge in [0.2, 0.25) is 0 Å². The predicted molar refractivity (Wildman–Crippen MR) is 79.9 cm³/mol. The largest absolute Gasteiger partial charge is 0.400 e. The van der Waals surface area contributed by atoms with Crippen LogP contribution in [0.3, 0.4) is 0 Å². The van der Waals surface area contributed by atoms with E-state index in [0.717, 1.165) is 0 Å². The molecule has 0 bridgehead atoms. The number of aliphatic hydroxyl groups is 1. The highest BCUT2D eigenvalue weighted by Crippen LogP contribution is 2.41. The Bertz CT molecular complexity index is 222. The van der Waals surface area contributed by atoms with E-state index in [1.165, 1.54) is 0 Å². The molecule has 0 unspecified atom stereocenters. The van der Waals surface area contributed by atoms with E-state index in [1.807, 2.05) is 0 Å². The van der Waals surface area contributed by atoms with Crippen LogP contribution >= 0.6 is 0 Å². The molecule has 90 valence electrons. The van der Waals surface area contributed by atoms with Gasteiger partial charge in [-0.2, -0.15) is 0 Å². The van der Waals surface area contributed by atoms with E-state index in [0.29, 0.717) is 15.6 Å². The second-order valence-corrected chi connectivity index (χ2v) is 20.8. The van der Waals surface area contributed by atoms with E-state index in [1.54, 1.807) is 0 Å². The minimum Gasteiger partial charge on any atom is -0.400 e. The molecule has 0 aromatic heterocycles. The van der Waals surface area contributed by atoms with Crippen molar-refractivity contribution in [1.29, 1.82) is 0 Å². The zero-order valence-electron chi connectivity index (χ0n) is 11.4. The Labute approximate surface area is 101 Å². The van der Waals surface area contributed by atoms with Crippen molar-refractivity contribution in [3.63, 3.8) is 0 Å². The Hall–Kier alpha value is 0.351. The maximum absolute atomic E-state index is 9.53. The summed E-state index contributed by atoms with van der Waals surface area (Å²) in [6, 6.07) is 0. The molecule has 0 rings (SSSR count). The molecule has 1 nitrogen and oxygen atoms in total. The van der Waals surface area contributed by atoms with Gasteiger partial charge in [-0.25, -0.2) is 0 Å². The monoisotopic (exact) mass is 260 g/mol. The fourth-order valence-corrected chi connectivity index (χ4v) is 13.2. The average molecular weight is 261 g/mol. The number of hydrogen-bond acceptors (Lipinski definition) is 1. The fraction of sp³-hybridized carbons (Fsp3) is 0.818. The summed E-state index contributed by atoms with van der Waals surface area (Å²) < 4.78 is 1.02. The molecule has 0 radical (unpaired) electrons. The summed E-state index contributed by atoms with van der Waals surface area (Å²) in [6.07, 6.45) is 0.429. The van der Waals surface area contributed by atoms with Crippen LogP contribution in [0.5, 0.6) is 0 Å². The van der Waals surface area contributed by atoms with Gasteiger partial charge in [0.05, 0.1) is 8.07 Å². The summed E-state index contributed by atoms with van der Waals surface area (Å²) in [4.78, 5) is 0. The maximum atomic E-state index is 9.53. The molecule has 0 fully saturated rings. The third-order valence-corrected chi connectivity index (χ3v) is 16.6. The molecular formula is C11H28OSi3. The van der Waals surface area contributed by atoms with Crippen molar-refractivity contribution < 1.29 is 5.11 Å². The van der Waals surface area contributed by atoms with Crippen LogP contribution in [0.2, 0.25) is 22.4 Å². The number of rotatable bonds is 6. The Morgan fingerprint density at radius 1 is 1.27 bits per heavy atom. The fourth-order valence-electron chi connectivity index (χ4n) is 2.11. The molecule has 0 spiro atoms. The third kappa shape index (κ3) is 4.38. The first-order chi connectivity index (χ1) is 6.58. The molecule has 0 aromatic carbocycles. The predicted octanol–water partition coefficient (Wildman–Crippen LogP) is 1.60. The summed E-state index contributed by atoms with van der Waals surface area (Å²) in [6.45, 7) is 18.2. The second-order valence-electron chi connectivity index (χ2n) is 6.76. The summed E-state index contributed by atoms with van der Waals surface area (Å²) in [7, 11) is -1.73. The van der Waals surface area contributed by atoms with Crippen molar-refractivity contribution in [3.05, 3.63) is 12.3 Å². The first-order valence-corrected chi connectivity index (χ1v) is 11.9. The van der Waals surface area contributed by atoms with Gasteiger partial charge in [-0.05, 0) is 4.66 Å². The SMILES string of the molecule is C=C[SiH2]C(C)(C)[SiH2]C(C)(C)[Si](C)(C)CO. The maximum Gasteiger partial charge on any atom is 0.0797 e. The van der Waals surface area contributed by atoms with Crippen LogP contribution in [0.15, 0.2) is 12.3 Å². The first kappa shape index (κ1) is 15.4. The van der Waals surface area contributed by atoms with Gasteiger partial charge in [0.1, 0.15) is 0 Å². The Kier molecular flexibility index (Phi) is 5.24. The smallest absolute Gasteiger partial charge is 0.0797 e. The van der Waals surface area contributed by atoms with Gasteiger partial charge in [-0.3, -0.25) is 0 Å². The highest BCUT2D eigenvalue weighted by molar-refractivity contribution is 6.90. The first-order valence-electron chi connectivity index (χ1n) is 5.80. The van der Waals surface area contributed by atoms with Crippen molar-refractivity contribution >= 4 is 27.1 Å². The quantitative estimate of drug-likeness (QED) is 0.720. The van der Waals surface area contributed by atoms with Crippen molar-refractivity contribution in [1.82, 2.24) is 0 Å². The van der Waals surface area contributed by atoms with Crippen LogP contribution in [0.25, 0.3) is 0 Å². The molecule has 0 aliphatic rings. The standard InChI is InChI=1S/C11H28OSi3/c1-8-13-10(2,3)14-11(4,5)15(6,7)9-12/h8,12H,1,9,13-14H2,2-7H3. The molecule has 0 saturated carbocycles. The highest BCUT2D eigenvalue weighted by Gasteiger charge is 2.41. The molecule has 0 aliphatic heterocycles. The molecule has 0 atom stereocenters. The minimum atomic E-state index is -1.44. The Morgan fingerprint density at radius 2 is 1.73 bits per heavy atom. The van der Waals surface area contributed by atoms with Gasteiger partial charge in [0.25, 0.3) is 0 Å². The summed E-state index contributed by atoms with van der Waals surface area (Å²) in [5.41, 5.74) is 2.18. The zero-order chi connectivity index (χ0) is 12.3. The lowest BCUT2D eigenvalue weighted by Crippen LogP contribution is -2.49. The molecular weight excluding hydrogens is 232 g/mol. The average Bonchev–Trinajstić information content (AvgIpc) is 2.01. The van der Waals surface area contributed by atoms with Crippen LogP contribution < -0.4 is 0 Å². The molecule has 1 N–H and O–H groups in total. The van der Waals surface area contributed by atoms with Gasteiger partial charge >= 0.3 is 0 Å². The van der Waals surface area contributed by atoms with Crippen LogP contribution in [0.1, 0.15) is 27.7 Å². The molecule has 0 saturated heterocycles. The van der Waals surface area contributed by atoms with Gasteiger partial charge in [-0.1, -0.05) is 45.5 Å². The summed E-state index contributed by atoms with van der Waals surface area (Å²) >= 11 is 0. The number of hydrogen-bond donors (Lipinski definition) is 1. The van der Waals surface area contributed by atoms with Crippen LogP contribution in [-0.2, 0) is 0 Å². The summed E-state index contributed by atoms with van der Waals surface area (Å²) in [5.74, 6) is 0. The second kappa shape index (κ2) is 5.12. The van der Waals surface area contributed by atoms with E-state index in [-0.39, 0.29) is 19.0 Å². The van der Waals surface area contributed by atoms with Crippen LogP contribution in [-0.4, -0.2) is 38.4 Å². The minimum absolute atomic E-state index is 0.130. The Balaban J connectivity index is 4.69. The summed E-state index contributed by atoms with van der Waals surface area (Å²) in [5, 5.41) is 9.53. The third-order valence-electron chi connectivity index (χ3n) is 3.84. The van der Waals surface area contributed by atoms with E-state index in [2.05, 4.69) is 53.1 Å². The van der Waals surface area contributed by atoms with Gasteiger partial charge in [0, 0.05) is 25.3 Å². The lowest BCUT2D eigenvalue weighted by molar-refractivity contribution is 0.354. The number of aliphatic hydroxyl groups excluding tert-OH is 1. The molecule has 0 aromatic rings. The molecule has 0 aliphatic carbocycles. The van der Waals surface area contributed by atoms with E-state index in [4.69, 9.17) is 0 Å². The lowest BCUT2D eigenvalue weighted by atomic mass is 10.5. The van der Waals surface area contributed by atoms with Crippen LogP contribution in [0, 0.1) is 0 Å². The van der Waals surface area contributed by atoms with Crippen LogP contribution in [0.4, 0.5) is 0 Å². The van der Waals surface area contributed by atoms with E-state index in [9.17, 15) is 5.11 Å². The topological polar surface area (TPSA) is 20.2 Å². The van der Waals surface area contributed by atoms with Crippen molar-refractivity contribution in [2.45, 2.75) is 50.1 Å². The molecule has 4 heteroatoms.